The number of anilines is 1. The third-order valence-electron chi connectivity index (χ3n) is 5.70. The number of aromatic nitrogens is 4. The van der Waals surface area contributed by atoms with Gasteiger partial charge in [-0.2, -0.15) is 10.2 Å². The van der Waals surface area contributed by atoms with E-state index in [1.165, 1.54) is 5.56 Å². The largest absolute Gasteiger partial charge is 0.325 e. The van der Waals surface area contributed by atoms with Gasteiger partial charge in [-0.1, -0.05) is 30.3 Å². The molecule has 1 aromatic carbocycles. The Hall–Kier alpha value is -2.97. The minimum absolute atomic E-state index is 0.162. The van der Waals surface area contributed by atoms with Crippen molar-refractivity contribution in [3.63, 3.8) is 0 Å². The summed E-state index contributed by atoms with van der Waals surface area (Å²) in [5.74, 6) is 0.428. The number of fused-ring (bicyclic) bond motifs is 2. The van der Waals surface area contributed by atoms with Crippen LogP contribution in [0.4, 0.5) is 5.82 Å². The Kier molecular flexibility index (Phi) is 4.65. The smallest absolute Gasteiger partial charge is 0.260 e. The Morgan fingerprint density at radius 3 is 2.79 bits per heavy atom. The monoisotopic (exact) mass is 391 g/mol. The zero-order valence-corrected chi connectivity index (χ0v) is 16.3. The second-order valence-corrected chi connectivity index (χ2v) is 7.69. The molecular weight excluding hydrogens is 366 g/mol. The summed E-state index contributed by atoms with van der Waals surface area (Å²) in [6, 6.07) is 12.4. The summed E-state index contributed by atoms with van der Waals surface area (Å²) in [5, 5.41) is 12.0. The van der Waals surface area contributed by atoms with E-state index in [9.17, 15) is 4.79 Å². The zero-order valence-electron chi connectivity index (χ0n) is 16.3. The molecule has 0 bridgehead atoms. The van der Waals surface area contributed by atoms with Gasteiger partial charge in [0.15, 0.2) is 5.82 Å². The van der Waals surface area contributed by atoms with Crippen molar-refractivity contribution >= 4 is 11.7 Å². The molecule has 1 amide bonds. The highest BCUT2D eigenvalue weighted by Gasteiger charge is 2.27. The number of hydrogen-bond acceptors (Lipinski definition) is 5. The van der Waals surface area contributed by atoms with Crippen LogP contribution < -0.4 is 11.1 Å². The van der Waals surface area contributed by atoms with Gasteiger partial charge in [-0.15, -0.1) is 0 Å². The first kappa shape index (κ1) is 18.1. The molecule has 5 rings (SSSR count). The molecule has 4 heterocycles. The van der Waals surface area contributed by atoms with E-state index in [1.807, 2.05) is 21.5 Å². The van der Waals surface area contributed by atoms with Crippen molar-refractivity contribution in [2.75, 3.05) is 11.9 Å². The van der Waals surface area contributed by atoms with E-state index >= 15 is 0 Å². The highest BCUT2D eigenvalue weighted by Crippen LogP contribution is 2.24. The van der Waals surface area contributed by atoms with Crippen LogP contribution in [0.1, 0.15) is 39.4 Å². The van der Waals surface area contributed by atoms with Crippen LogP contribution in [0.15, 0.2) is 36.4 Å². The summed E-state index contributed by atoms with van der Waals surface area (Å²) in [5.41, 5.74) is 10.5. The lowest BCUT2D eigenvalue weighted by molar-refractivity contribution is 0.102. The Bertz CT molecular complexity index is 1040. The van der Waals surface area contributed by atoms with Gasteiger partial charge in [0.2, 0.25) is 0 Å². The predicted molar refractivity (Wildman–Crippen MR) is 109 cm³/mol. The molecule has 0 fully saturated rings. The minimum atomic E-state index is -0.162. The molecule has 3 aromatic rings. The van der Waals surface area contributed by atoms with E-state index in [4.69, 9.17) is 5.73 Å². The zero-order chi connectivity index (χ0) is 19.8. The van der Waals surface area contributed by atoms with Crippen molar-refractivity contribution in [3.8, 4) is 0 Å². The van der Waals surface area contributed by atoms with Gasteiger partial charge >= 0.3 is 0 Å². The summed E-state index contributed by atoms with van der Waals surface area (Å²) < 4.78 is 3.90. The third kappa shape index (κ3) is 3.45. The highest BCUT2D eigenvalue weighted by atomic mass is 16.1. The molecule has 3 N–H and O–H groups in total. The van der Waals surface area contributed by atoms with Crippen molar-refractivity contribution < 1.29 is 4.79 Å². The first-order valence-corrected chi connectivity index (χ1v) is 10.1. The molecule has 8 heteroatoms. The minimum Gasteiger partial charge on any atom is -0.325 e. The van der Waals surface area contributed by atoms with Crippen molar-refractivity contribution in [2.24, 2.45) is 5.73 Å². The van der Waals surface area contributed by atoms with Gasteiger partial charge in [-0.25, -0.2) is 0 Å². The Morgan fingerprint density at radius 1 is 1.10 bits per heavy atom. The number of nitrogens with one attached hydrogen (secondary N) is 1. The van der Waals surface area contributed by atoms with Gasteiger partial charge in [-0.05, 0) is 18.4 Å². The van der Waals surface area contributed by atoms with Crippen LogP contribution in [0.5, 0.6) is 0 Å². The summed E-state index contributed by atoms with van der Waals surface area (Å²) >= 11 is 0. The van der Waals surface area contributed by atoms with Gasteiger partial charge in [0.1, 0.15) is 0 Å². The number of amides is 1. The van der Waals surface area contributed by atoms with Crippen LogP contribution in [0.2, 0.25) is 0 Å². The second-order valence-electron chi connectivity index (χ2n) is 7.69. The fourth-order valence-electron chi connectivity index (χ4n) is 4.33. The topological polar surface area (TPSA) is 94.0 Å². The molecule has 0 atom stereocenters. The Morgan fingerprint density at radius 2 is 1.97 bits per heavy atom. The molecule has 2 aliphatic rings. The van der Waals surface area contributed by atoms with Gasteiger partial charge in [0, 0.05) is 38.8 Å². The van der Waals surface area contributed by atoms with Gasteiger partial charge in [-0.3, -0.25) is 19.1 Å². The molecule has 0 unspecified atom stereocenters. The quantitative estimate of drug-likeness (QED) is 0.691. The second kappa shape index (κ2) is 7.46. The number of benzene rings is 1. The molecule has 0 spiro atoms. The van der Waals surface area contributed by atoms with Crippen LogP contribution in [0.3, 0.4) is 0 Å². The van der Waals surface area contributed by atoms with Gasteiger partial charge in [0.25, 0.3) is 5.91 Å². The SMILES string of the molecule is NCc1nn2c(c1C(=O)Nc1cc3n(n1)CCN(Cc1ccccc1)C3)CCC2. The average molecular weight is 391 g/mol. The molecular formula is C21H25N7O. The van der Waals surface area contributed by atoms with Crippen molar-refractivity contribution in [3.05, 3.63) is 64.6 Å². The molecule has 0 aliphatic carbocycles. The van der Waals surface area contributed by atoms with Crippen LogP contribution in [-0.4, -0.2) is 36.9 Å². The molecule has 8 nitrogen and oxygen atoms in total. The molecule has 0 saturated heterocycles. The Labute approximate surface area is 169 Å². The fraction of sp³-hybridized carbons (Fsp3) is 0.381. The van der Waals surface area contributed by atoms with Crippen LogP contribution in [-0.2, 0) is 39.1 Å². The van der Waals surface area contributed by atoms with Crippen LogP contribution in [0, 0.1) is 0 Å². The first-order valence-electron chi connectivity index (χ1n) is 10.1. The molecule has 0 radical (unpaired) electrons. The third-order valence-corrected chi connectivity index (χ3v) is 5.70. The van der Waals surface area contributed by atoms with E-state index in [1.54, 1.807) is 0 Å². The van der Waals surface area contributed by atoms with Crippen molar-refractivity contribution in [1.82, 2.24) is 24.5 Å². The normalized spacial score (nSPS) is 15.9. The van der Waals surface area contributed by atoms with Gasteiger partial charge in [0.05, 0.1) is 29.2 Å². The maximum absolute atomic E-state index is 13.0. The number of carbonyl (C=O) groups excluding carboxylic acids is 1. The maximum atomic E-state index is 13.0. The average Bonchev–Trinajstić information content (AvgIpc) is 3.41. The Balaban J connectivity index is 1.30. The lowest BCUT2D eigenvalue weighted by atomic mass is 10.1. The van der Waals surface area contributed by atoms with E-state index in [-0.39, 0.29) is 12.5 Å². The van der Waals surface area contributed by atoms with Crippen LogP contribution >= 0.6 is 0 Å². The molecule has 150 valence electrons. The first-order chi connectivity index (χ1) is 14.2. The molecule has 2 aliphatic heterocycles. The van der Waals surface area contributed by atoms with E-state index in [2.05, 4.69) is 44.7 Å². The van der Waals surface area contributed by atoms with Crippen molar-refractivity contribution in [2.45, 2.75) is 45.6 Å². The number of rotatable bonds is 5. The molecule has 29 heavy (non-hydrogen) atoms. The number of nitrogens with zero attached hydrogens (tertiary/aromatic N) is 5. The van der Waals surface area contributed by atoms with Crippen LogP contribution in [0.25, 0.3) is 0 Å². The van der Waals surface area contributed by atoms with Gasteiger partial charge < -0.3 is 11.1 Å². The van der Waals surface area contributed by atoms with E-state index < -0.39 is 0 Å². The number of carbonyl (C=O) groups is 1. The summed E-state index contributed by atoms with van der Waals surface area (Å²) in [6.07, 6.45) is 1.88. The summed E-state index contributed by atoms with van der Waals surface area (Å²) in [7, 11) is 0. The number of hydrogen-bond donors (Lipinski definition) is 2. The standard InChI is InChI=1S/C21H25N7O/c22-12-17-20(18-7-4-8-28(18)24-17)21(29)23-19-11-16-14-26(9-10-27(16)25-19)13-15-5-2-1-3-6-15/h1-3,5-6,11H,4,7-10,12-14,22H2,(H,23,25,29). The molecule has 0 saturated carbocycles. The number of aryl methyl sites for hydroxylation is 1. The highest BCUT2D eigenvalue weighted by molar-refractivity contribution is 6.05. The fourth-order valence-corrected chi connectivity index (χ4v) is 4.33. The summed E-state index contributed by atoms with van der Waals surface area (Å²) in [4.78, 5) is 15.4. The lowest BCUT2D eigenvalue weighted by Gasteiger charge is -2.27. The van der Waals surface area contributed by atoms with E-state index in [0.717, 1.165) is 57.0 Å². The van der Waals surface area contributed by atoms with E-state index in [0.29, 0.717) is 17.1 Å². The van der Waals surface area contributed by atoms with Crippen molar-refractivity contribution in [1.29, 1.82) is 0 Å². The lowest BCUT2D eigenvalue weighted by Crippen LogP contribution is -2.33. The maximum Gasteiger partial charge on any atom is 0.260 e. The molecule has 2 aromatic heterocycles. The number of nitrogens with two attached hydrogens (primary N) is 1. The summed E-state index contributed by atoms with van der Waals surface area (Å²) in [6.45, 7) is 4.59. The predicted octanol–water partition coefficient (Wildman–Crippen LogP) is 1.75.